The van der Waals surface area contributed by atoms with E-state index in [1.165, 1.54) is 0 Å². The maximum absolute atomic E-state index is 0. The van der Waals surface area contributed by atoms with E-state index in [0.29, 0.717) is 0 Å². The topological polar surface area (TPSA) is 0 Å². The summed E-state index contributed by atoms with van der Waals surface area (Å²) in [4.78, 5) is 0. The minimum Gasteiger partial charge on any atom is -1.00 e. The van der Waals surface area contributed by atoms with Gasteiger partial charge in [-0.2, -0.15) is 0 Å². The fourth-order valence-corrected chi connectivity index (χ4v) is 0. The van der Waals surface area contributed by atoms with Gasteiger partial charge in [0.25, 0.3) is 0 Å². The van der Waals surface area contributed by atoms with Crippen LogP contribution in [0.5, 0.6) is 0 Å². The number of hydrogen-bond acceptors (Lipinski definition) is 0. The Morgan fingerprint density at radius 2 is 1.00 bits per heavy atom. The molecule has 0 saturated heterocycles. The molecule has 0 aliphatic carbocycles. The molecule has 0 aromatic rings. The van der Waals surface area contributed by atoms with Gasteiger partial charge in [-0.25, -0.2) is 0 Å². The Labute approximate surface area is 90.8 Å². The van der Waals surface area contributed by atoms with Crippen molar-refractivity contribution in [3.05, 3.63) is 0 Å². The SMILES string of the molecule is [AlH3].[AlH3].[Ca+2].[Fe].[H-].[H-]. The fourth-order valence-electron chi connectivity index (χ4n) is 0. The third-order valence-corrected chi connectivity index (χ3v) is 0. The fraction of sp³-hybridized carbons (Fsp3) is 0. The first-order valence-electron chi connectivity index (χ1n) is 0. The second kappa shape index (κ2) is 17.0. The maximum atomic E-state index is 0. The zero-order valence-corrected chi connectivity index (χ0v) is 4.37. The van der Waals surface area contributed by atoms with Crippen LogP contribution in [0, 0.1) is 0 Å². The standard InChI is InChI=1S/2Al.Ca.Fe.8H/q;;+2;;;;;;;;2*-1. The minimum absolute atomic E-state index is 0. The summed E-state index contributed by atoms with van der Waals surface area (Å²) < 4.78 is 0. The second-order valence-corrected chi connectivity index (χ2v) is 0. The van der Waals surface area contributed by atoms with Crippen LogP contribution in [0.3, 0.4) is 0 Å². The molecule has 0 saturated carbocycles. The largest absolute Gasteiger partial charge is 2.00 e. The predicted molar refractivity (Wildman–Crippen MR) is 27.9 cm³/mol. The van der Waals surface area contributed by atoms with Crippen molar-refractivity contribution >= 4 is 72.5 Å². The summed E-state index contributed by atoms with van der Waals surface area (Å²) in [6, 6.07) is 0. The zero-order valence-electron chi connectivity index (χ0n) is 3.06. The summed E-state index contributed by atoms with van der Waals surface area (Å²) in [6.45, 7) is 0. The average Bonchev–Trinajstić information content (AvgIpc) is 0. The molecule has 4 heteroatoms. The molecule has 0 nitrogen and oxygen atoms in total. The van der Waals surface area contributed by atoms with E-state index in [4.69, 9.17) is 0 Å². The molecule has 0 spiro atoms. The maximum Gasteiger partial charge on any atom is 2.00 e. The molecule has 0 aromatic carbocycles. The summed E-state index contributed by atoms with van der Waals surface area (Å²) in [6.07, 6.45) is 0. The van der Waals surface area contributed by atoms with Gasteiger partial charge < -0.3 is 2.85 Å². The van der Waals surface area contributed by atoms with Gasteiger partial charge in [0.15, 0.2) is 34.7 Å². The molecule has 24 valence electrons. The van der Waals surface area contributed by atoms with E-state index in [0.717, 1.165) is 0 Å². The van der Waals surface area contributed by atoms with Crippen LogP contribution < -0.4 is 0 Å². The molecule has 0 radical (unpaired) electrons. The molecule has 4 heavy (non-hydrogen) atoms. The van der Waals surface area contributed by atoms with Crippen molar-refractivity contribution in [2.24, 2.45) is 0 Å². The van der Waals surface area contributed by atoms with Crippen LogP contribution in [0.25, 0.3) is 0 Å². The molecule has 0 aromatic heterocycles. The van der Waals surface area contributed by atoms with Crippen molar-refractivity contribution in [1.82, 2.24) is 0 Å². The van der Waals surface area contributed by atoms with E-state index in [1.807, 2.05) is 0 Å². The van der Waals surface area contributed by atoms with Crippen molar-refractivity contribution in [2.45, 2.75) is 0 Å². The van der Waals surface area contributed by atoms with Gasteiger partial charge in [-0.1, -0.05) is 0 Å². The number of rotatable bonds is 0. The predicted octanol–water partition coefficient (Wildman–Crippen LogP) is -2.53. The Balaban J connectivity index is 0. The first-order chi connectivity index (χ1) is 0. The molecule has 0 aliphatic heterocycles. The van der Waals surface area contributed by atoms with Crippen LogP contribution >= 0.6 is 0 Å². The molecule has 0 heterocycles. The van der Waals surface area contributed by atoms with Crippen molar-refractivity contribution in [1.29, 1.82) is 0 Å². The molecule has 0 aliphatic rings. The van der Waals surface area contributed by atoms with E-state index in [-0.39, 0.29) is 92.4 Å². The molecule has 0 rings (SSSR count). The van der Waals surface area contributed by atoms with Crippen LogP contribution in [-0.2, 0) is 17.1 Å². The van der Waals surface area contributed by atoms with Crippen molar-refractivity contribution in [2.75, 3.05) is 0 Å². The normalized spacial score (nSPS) is 0. The minimum atomic E-state index is 0. The van der Waals surface area contributed by atoms with E-state index in [1.54, 1.807) is 0 Å². The monoisotopic (exact) mass is 158 g/mol. The summed E-state index contributed by atoms with van der Waals surface area (Å²) in [5.74, 6) is 0. The average molecular weight is 158 g/mol. The molecule has 0 bridgehead atoms. The Morgan fingerprint density at radius 3 is 1.00 bits per heavy atom. The summed E-state index contributed by atoms with van der Waals surface area (Å²) in [5.41, 5.74) is 0. The van der Waals surface area contributed by atoms with Crippen molar-refractivity contribution < 1.29 is 19.9 Å². The number of hydrogen-bond donors (Lipinski definition) is 0. The van der Waals surface area contributed by atoms with Crippen LogP contribution in [0.4, 0.5) is 0 Å². The molecule has 0 atom stereocenters. The third kappa shape index (κ3) is 8.85. The first-order valence-corrected chi connectivity index (χ1v) is 0. The summed E-state index contributed by atoms with van der Waals surface area (Å²) >= 11 is 0. The summed E-state index contributed by atoms with van der Waals surface area (Å²) in [5, 5.41) is 0. The second-order valence-electron chi connectivity index (χ2n) is 0. The van der Waals surface area contributed by atoms with Gasteiger partial charge in [-0.05, 0) is 0 Å². The van der Waals surface area contributed by atoms with E-state index < -0.39 is 0 Å². The Hall–Kier alpha value is 2.84. The van der Waals surface area contributed by atoms with E-state index >= 15 is 0 Å². The van der Waals surface area contributed by atoms with Crippen LogP contribution in [0.15, 0.2) is 0 Å². The summed E-state index contributed by atoms with van der Waals surface area (Å²) in [7, 11) is 0. The smallest absolute Gasteiger partial charge is 1.00 e. The molecule has 0 unspecified atom stereocenters. The molecular weight excluding hydrogens is 150 g/mol. The zero-order chi connectivity index (χ0) is 0. The van der Waals surface area contributed by atoms with Gasteiger partial charge in [-0.3, -0.25) is 0 Å². The van der Waals surface area contributed by atoms with Gasteiger partial charge in [-0.15, -0.1) is 0 Å². The Kier molecular flexibility index (Phi) is 122. The van der Waals surface area contributed by atoms with E-state index in [9.17, 15) is 0 Å². The third-order valence-electron chi connectivity index (χ3n) is 0. The van der Waals surface area contributed by atoms with Crippen LogP contribution in [0.2, 0.25) is 0 Å². The molecular formula is H8Al2CaFe. The molecule has 0 amide bonds. The van der Waals surface area contributed by atoms with Crippen molar-refractivity contribution in [3.8, 4) is 0 Å². The van der Waals surface area contributed by atoms with Crippen LogP contribution in [-0.4, -0.2) is 72.5 Å². The Morgan fingerprint density at radius 1 is 1.00 bits per heavy atom. The van der Waals surface area contributed by atoms with Crippen LogP contribution in [0.1, 0.15) is 2.85 Å². The van der Waals surface area contributed by atoms with Gasteiger partial charge in [0.1, 0.15) is 0 Å². The quantitative estimate of drug-likeness (QED) is 0.341. The van der Waals surface area contributed by atoms with Gasteiger partial charge in [0.2, 0.25) is 0 Å². The van der Waals surface area contributed by atoms with Gasteiger partial charge in [0, 0.05) is 17.1 Å². The van der Waals surface area contributed by atoms with Crippen molar-refractivity contribution in [3.63, 3.8) is 0 Å². The van der Waals surface area contributed by atoms with Gasteiger partial charge in [0.05, 0.1) is 0 Å². The molecule has 0 fully saturated rings. The van der Waals surface area contributed by atoms with Gasteiger partial charge >= 0.3 is 37.7 Å². The Bertz CT molecular complexity index is 11.5. The van der Waals surface area contributed by atoms with E-state index in [2.05, 4.69) is 0 Å². The first kappa shape index (κ1) is 28.9. The molecule has 0 N–H and O–H groups in total.